The van der Waals surface area contributed by atoms with Gasteiger partial charge in [0, 0.05) is 12.1 Å². The van der Waals surface area contributed by atoms with Gasteiger partial charge in [0.05, 0.1) is 4.92 Å². The number of carboxylic acid groups (broad SMARTS) is 1. The Labute approximate surface area is 98.4 Å². The fraction of sp³-hybridized carbons (Fsp3) is 0.364. The van der Waals surface area contributed by atoms with Gasteiger partial charge in [0.2, 0.25) is 0 Å². The minimum atomic E-state index is -0.895. The molecule has 0 aliphatic heterocycles. The van der Waals surface area contributed by atoms with Crippen molar-refractivity contribution in [2.75, 3.05) is 6.54 Å². The van der Waals surface area contributed by atoms with Crippen molar-refractivity contribution in [2.24, 2.45) is 0 Å². The second-order valence-corrected chi connectivity index (χ2v) is 3.69. The average molecular weight is 238 g/mol. The molecule has 6 heteroatoms. The highest BCUT2D eigenvalue weighted by Crippen LogP contribution is 2.11. The van der Waals surface area contributed by atoms with Gasteiger partial charge < -0.3 is 10.4 Å². The fourth-order valence-electron chi connectivity index (χ4n) is 1.30. The third-order valence-electron chi connectivity index (χ3n) is 2.38. The van der Waals surface area contributed by atoms with Crippen LogP contribution in [0.2, 0.25) is 0 Å². The largest absolute Gasteiger partial charge is 0.480 e. The van der Waals surface area contributed by atoms with Gasteiger partial charge in [-0.3, -0.25) is 14.9 Å². The Balaban J connectivity index is 2.42. The molecule has 1 rings (SSSR count). The summed E-state index contributed by atoms with van der Waals surface area (Å²) in [6, 6.07) is 5.63. The van der Waals surface area contributed by atoms with Crippen LogP contribution in [0.5, 0.6) is 0 Å². The maximum absolute atomic E-state index is 10.5. The number of nitro groups is 1. The van der Waals surface area contributed by atoms with Crippen molar-refractivity contribution in [3.8, 4) is 0 Å². The van der Waals surface area contributed by atoms with E-state index in [1.165, 1.54) is 12.1 Å². The predicted octanol–water partition coefficient (Wildman–Crippen LogP) is 1.20. The van der Waals surface area contributed by atoms with Gasteiger partial charge in [0.1, 0.15) is 6.04 Å². The van der Waals surface area contributed by atoms with Crippen molar-refractivity contribution in [3.63, 3.8) is 0 Å². The SMILES string of the molecule is C[C@@H](NCCc1ccc([N+](=O)[O-])cc1)C(=O)O. The summed E-state index contributed by atoms with van der Waals surface area (Å²) < 4.78 is 0. The van der Waals surface area contributed by atoms with Crippen LogP contribution in [0.1, 0.15) is 12.5 Å². The number of benzene rings is 1. The molecular weight excluding hydrogens is 224 g/mol. The van der Waals surface area contributed by atoms with Gasteiger partial charge in [-0.1, -0.05) is 12.1 Å². The first-order chi connectivity index (χ1) is 8.00. The Morgan fingerprint density at radius 2 is 2.06 bits per heavy atom. The number of carbonyl (C=O) groups is 1. The number of carboxylic acids is 1. The molecule has 0 radical (unpaired) electrons. The van der Waals surface area contributed by atoms with E-state index in [4.69, 9.17) is 5.11 Å². The highest BCUT2D eigenvalue weighted by molar-refractivity contribution is 5.72. The topological polar surface area (TPSA) is 92.5 Å². The molecule has 0 saturated carbocycles. The lowest BCUT2D eigenvalue weighted by molar-refractivity contribution is -0.384. The van der Waals surface area contributed by atoms with Crippen molar-refractivity contribution in [2.45, 2.75) is 19.4 Å². The molecular formula is C11H14N2O4. The van der Waals surface area contributed by atoms with Crippen LogP contribution in [0.25, 0.3) is 0 Å². The van der Waals surface area contributed by atoms with Gasteiger partial charge in [-0.2, -0.15) is 0 Å². The van der Waals surface area contributed by atoms with Crippen LogP contribution in [0.3, 0.4) is 0 Å². The molecule has 0 unspecified atom stereocenters. The molecule has 0 aromatic heterocycles. The molecule has 17 heavy (non-hydrogen) atoms. The van der Waals surface area contributed by atoms with E-state index >= 15 is 0 Å². The van der Waals surface area contributed by atoms with Gasteiger partial charge in [0.25, 0.3) is 5.69 Å². The van der Waals surface area contributed by atoms with Crippen LogP contribution >= 0.6 is 0 Å². The quantitative estimate of drug-likeness (QED) is 0.573. The van der Waals surface area contributed by atoms with Crippen molar-refractivity contribution in [1.82, 2.24) is 5.32 Å². The third-order valence-corrected chi connectivity index (χ3v) is 2.38. The minimum absolute atomic E-state index is 0.0561. The first kappa shape index (κ1) is 13.1. The maximum Gasteiger partial charge on any atom is 0.320 e. The number of hydrogen-bond acceptors (Lipinski definition) is 4. The fourth-order valence-corrected chi connectivity index (χ4v) is 1.30. The first-order valence-electron chi connectivity index (χ1n) is 5.20. The van der Waals surface area contributed by atoms with Gasteiger partial charge in [0.15, 0.2) is 0 Å². The van der Waals surface area contributed by atoms with E-state index in [2.05, 4.69) is 5.32 Å². The monoisotopic (exact) mass is 238 g/mol. The minimum Gasteiger partial charge on any atom is -0.480 e. The third kappa shape index (κ3) is 4.20. The molecule has 0 amide bonds. The summed E-state index contributed by atoms with van der Waals surface area (Å²) in [6.45, 7) is 2.09. The molecule has 1 atom stereocenters. The lowest BCUT2D eigenvalue weighted by Gasteiger charge is -2.08. The standard InChI is InChI=1S/C11H14N2O4/c1-8(11(14)15)12-7-6-9-2-4-10(5-3-9)13(16)17/h2-5,8,12H,6-7H2,1H3,(H,14,15)/t8-/m1/s1. The Bertz CT molecular complexity index is 402. The van der Waals surface area contributed by atoms with Crippen LogP contribution in [-0.2, 0) is 11.2 Å². The first-order valence-corrected chi connectivity index (χ1v) is 5.20. The van der Waals surface area contributed by atoms with E-state index in [-0.39, 0.29) is 5.69 Å². The Kier molecular flexibility index (Phi) is 4.59. The number of nitrogens with one attached hydrogen (secondary N) is 1. The molecule has 0 heterocycles. The molecule has 0 bridgehead atoms. The smallest absolute Gasteiger partial charge is 0.320 e. The van der Waals surface area contributed by atoms with E-state index in [0.717, 1.165) is 5.56 Å². The molecule has 2 N–H and O–H groups in total. The summed E-state index contributed by atoms with van der Waals surface area (Å²) in [4.78, 5) is 20.5. The van der Waals surface area contributed by atoms with Crippen molar-refractivity contribution in [3.05, 3.63) is 39.9 Å². The number of non-ortho nitro benzene ring substituents is 1. The molecule has 0 fully saturated rings. The Morgan fingerprint density at radius 1 is 1.47 bits per heavy atom. The average Bonchev–Trinajstić information content (AvgIpc) is 2.29. The zero-order chi connectivity index (χ0) is 12.8. The molecule has 1 aromatic rings. The summed E-state index contributed by atoms with van der Waals surface area (Å²) in [5, 5.41) is 21.9. The van der Waals surface area contributed by atoms with Crippen LogP contribution in [0, 0.1) is 10.1 Å². The zero-order valence-electron chi connectivity index (χ0n) is 9.42. The van der Waals surface area contributed by atoms with E-state index < -0.39 is 16.9 Å². The summed E-state index contributed by atoms with van der Waals surface area (Å²) in [5.41, 5.74) is 0.987. The van der Waals surface area contributed by atoms with E-state index in [0.29, 0.717) is 13.0 Å². The van der Waals surface area contributed by atoms with Crippen LogP contribution in [-0.4, -0.2) is 28.6 Å². The summed E-state index contributed by atoms with van der Waals surface area (Å²) in [5.74, 6) is -0.895. The van der Waals surface area contributed by atoms with Gasteiger partial charge >= 0.3 is 5.97 Å². The van der Waals surface area contributed by atoms with Crippen molar-refractivity contribution >= 4 is 11.7 Å². The lowest BCUT2D eigenvalue weighted by Crippen LogP contribution is -2.34. The van der Waals surface area contributed by atoms with E-state index in [9.17, 15) is 14.9 Å². The number of nitro benzene ring substituents is 1. The van der Waals surface area contributed by atoms with Crippen LogP contribution in [0.4, 0.5) is 5.69 Å². The van der Waals surface area contributed by atoms with Crippen molar-refractivity contribution < 1.29 is 14.8 Å². The highest BCUT2D eigenvalue weighted by Gasteiger charge is 2.09. The summed E-state index contributed by atoms with van der Waals surface area (Å²) >= 11 is 0. The summed E-state index contributed by atoms with van der Waals surface area (Å²) in [6.07, 6.45) is 0.635. The predicted molar refractivity (Wildman–Crippen MR) is 61.9 cm³/mol. The Hall–Kier alpha value is -1.95. The maximum atomic E-state index is 10.5. The van der Waals surface area contributed by atoms with E-state index in [1.807, 2.05) is 0 Å². The van der Waals surface area contributed by atoms with Crippen LogP contribution in [0.15, 0.2) is 24.3 Å². The molecule has 6 nitrogen and oxygen atoms in total. The summed E-state index contributed by atoms with van der Waals surface area (Å²) in [7, 11) is 0. The lowest BCUT2D eigenvalue weighted by atomic mass is 10.1. The zero-order valence-corrected chi connectivity index (χ0v) is 9.42. The van der Waals surface area contributed by atoms with Crippen molar-refractivity contribution in [1.29, 1.82) is 0 Å². The number of aliphatic carboxylic acids is 1. The molecule has 1 aromatic carbocycles. The number of rotatable bonds is 6. The molecule has 0 saturated heterocycles. The van der Waals surface area contributed by atoms with Gasteiger partial charge in [-0.25, -0.2) is 0 Å². The number of nitrogens with zero attached hydrogens (tertiary/aromatic N) is 1. The normalized spacial score (nSPS) is 12.1. The number of hydrogen-bond donors (Lipinski definition) is 2. The second-order valence-electron chi connectivity index (χ2n) is 3.69. The van der Waals surface area contributed by atoms with Gasteiger partial charge in [-0.15, -0.1) is 0 Å². The molecule has 0 aliphatic rings. The van der Waals surface area contributed by atoms with Gasteiger partial charge in [-0.05, 0) is 25.5 Å². The van der Waals surface area contributed by atoms with Crippen LogP contribution < -0.4 is 5.32 Å². The second kappa shape index (κ2) is 5.95. The highest BCUT2D eigenvalue weighted by atomic mass is 16.6. The molecule has 0 spiro atoms. The molecule has 92 valence electrons. The Morgan fingerprint density at radius 3 is 2.53 bits per heavy atom. The molecule has 0 aliphatic carbocycles. The van der Waals surface area contributed by atoms with E-state index in [1.54, 1.807) is 19.1 Å².